The molecule has 0 spiro atoms. The number of benzene rings is 3. The number of aryl methyl sites for hydroxylation is 1. The molecule has 1 N–H and O–H groups in total. The van der Waals surface area contributed by atoms with E-state index in [1.54, 1.807) is 50.2 Å². The average Bonchev–Trinajstić information content (AvgIpc) is 2.90. The fourth-order valence-corrected chi connectivity index (χ4v) is 5.89. The third-order valence-corrected chi connectivity index (χ3v) is 8.56. The van der Waals surface area contributed by atoms with Crippen LogP contribution in [-0.4, -0.2) is 44.3 Å². The van der Waals surface area contributed by atoms with Crippen molar-refractivity contribution < 1.29 is 18.0 Å². The van der Waals surface area contributed by atoms with Crippen molar-refractivity contribution in [2.45, 2.75) is 44.7 Å². The molecular formula is C28H31BrClN3O4S. The Morgan fingerprint density at radius 3 is 2.29 bits per heavy atom. The van der Waals surface area contributed by atoms with Gasteiger partial charge in [0.05, 0.1) is 10.6 Å². The van der Waals surface area contributed by atoms with Crippen LogP contribution in [0.1, 0.15) is 31.4 Å². The van der Waals surface area contributed by atoms with Crippen molar-refractivity contribution in [1.29, 1.82) is 0 Å². The SMILES string of the molecule is CCCNC(=O)[C@@H](C)N(Cc1ccc(Br)cc1)C(=O)CN(c1ccc(Cl)cc1C)S(=O)(=O)c1ccccc1. The summed E-state index contributed by atoms with van der Waals surface area (Å²) in [5.41, 5.74) is 1.73. The monoisotopic (exact) mass is 619 g/mol. The normalized spacial score (nSPS) is 12.0. The number of anilines is 1. The van der Waals surface area contributed by atoms with Crippen LogP contribution in [0.3, 0.4) is 0 Å². The molecule has 0 unspecified atom stereocenters. The summed E-state index contributed by atoms with van der Waals surface area (Å²) in [7, 11) is -4.12. The number of carbonyl (C=O) groups excluding carboxylic acids is 2. The first-order valence-electron chi connectivity index (χ1n) is 12.2. The predicted molar refractivity (Wildman–Crippen MR) is 155 cm³/mol. The smallest absolute Gasteiger partial charge is 0.264 e. The van der Waals surface area contributed by atoms with E-state index in [0.717, 1.165) is 20.8 Å². The van der Waals surface area contributed by atoms with Gasteiger partial charge in [0.15, 0.2) is 0 Å². The largest absolute Gasteiger partial charge is 0.354 e. The minimum atomic E-state index is -4.12. The van der Waals surface area contributed by atoms with E-state index in [2.05, 4.69) is 21.2 Å². The zero-order valence-corrected chi connectivity index (χ0v) is 24.7. The van der Waals surface area contributed by atoms with Crippen LogP contribution in [0.2, 0.25) is 5.02 Å². The molecule has 0 bridgehead atoms. The van der Waals surface area contributed by atoms with Crippen LogP contribution in [0.4, 0.5) is 5.69 Å². The highest BCUT2D eigenvalue weighted by Crippen LogP contribution is 2.29. The maximum atomic E-state index is 13.9. The first-order valence-corrected chi connectivity index (χ1v) is 14.8. The highest BCUT2D eigenvalue weighted by molar-refractivity contribution is 9.10. The standard InChI is InChI=1S/C28H31BrClN3O4S/c1-4-16-31-28(35)21(3)32(18-22-10-12-23(29)13-11-22)27(34)19-33(26-15-14-24(30)17-20(26)2)38(36,37)25-8-6-5-7-9-25/h5-15,17,21H,4,16,18-19H2,1-3H3,(H,31,35)/t21-/m1/s1. The van der Waals surface area contributed by atoms with E-state index in [9.17, 15) is 18.0 Å². The van der Waals surface area contributed by atoms with E-state index in [-0.39, 0.29) is 17.3 Å². The molecule has 0 saturated heterocycles. The zero-order valence-electron chi connectivity index (χ0n) is 21.5. The van der Waals surface area contributed by atoms with Crippen molar-refractivity contribution in [2.24, 2.45) is 0 Å². The van der Waals surface area contributed by atoms with Crippen LogP contribution in [0.25, 0.3) is 0 Å². The molecule has 7 nitrogen and oxygen atoms in total. The average molecular weight is 621 g/mol. The van der Waals surface area contributed by atoms with Crippen LogP contribution in [-0.2, 0) is 26.2 Å². The van der Waals surface area contributed by atoms with E-state index in [4.69, 9.17) is 11.6 Å². The van der Waals surface area contributed by atoms with Gasteiger partial charge in [-0.15, -0.1) is 0 Å². The number of rotatable bonds is 11. The predicted octanol–water partition coefficient (Wildman–Crippen LogP) is 5.55. The number of hydrogen-bond acceptors (Lipinski definition) is 4. The lowest BCUT2D eigenvalue weighted by atomic mass is 10.1. The molecule has 0 radical (unpaired) electrons. The van der Waals surface area contributed by atoms with Gasteiger partial charge in [-0.25, -0.2) is 8.42 Å². The van der Waals surface area contributed by atoms with E-state index < -0.39 is 28.5 Å². The second-order valence-electron chi connectivity index (χ2n) is 8.87. The summed E-state index contributed by atoms with van der Waals surface area (Å²) in [6, 6.07) is 19.3. The fourth-order valence-electron chi connectivity index (χ4n) is 3.90. The molecule has 3 aromatic carbocycles. The third kappa shape index (κ3) is 7.36. The van der Waals surface area contributed by atoms with Gasteiger partial charge < -0.3 is 10.2 Å². The number of sulfonamides is 1. The molecule has 0 aliphatic rings. The number of amides is 2. The van der Waals surface area contributed by atoms with Crippen molar-refractivity contribution in [1.82, 2.24) is 10.2 Å². The summed E-state index contributed by atoms with van der Waals surface area (Å²) in [5, 5.41) is 3.28. The molecule has 2 amide bonds. The van der Waals surface area contributed by atoms with Gasteiger partial charge >= 0.3 is 0 Å². The first kappa shape index (κ1) is 29.7. The number of carbonyl (C=O) groups is 2. The van der Waals surface area contributed by atoms with Crippen molar-refractivity contribution in [3.8, 4) is 0 Å². The lowest BCUT2D eigenvalue weighted by Crippen LogP contribution is -2.51. The summed E-state index contributed by atoms with van der Waals surface area (Å²) in [5.74, 6) is -0.821. The number of nitrogens with zero attached hydrogens (tertiary/aromatic N) is 2. The Hall–Kier alpha value is -2.88. The summed E-state index contributed by atoms with van der Waals surface area (Å²) < 4.78 is 29.6. The summed E-state index contributed by atoms with van der Waals surface area (Å²) in [4.78, 5) is 28.2. The van der Waals surface area contributed by atoms with Crippen LogP contribution in [0.15, 0.2) is 82.2 Å². The van der Waals surface area contributed by atoms with Crippen molar-refractivity contribution >= 4 is 55.1 Å². The molecule has 3 aromatic rings. The van der Waals surface area contributed by atoms with E-state index in [1.165, 1.54) is 17.0 Å². The Bertz CT molecular complexity index is 1370. The Balaban J connectivity index is 2.03. The molecule has 202 valence electrons. The van der Waals surface area contributed by atoms with Crippen molar-refractivity contribution in [2.75, 3.05) is 17.4 Å². The lowest BCUT2D eigenvalue weighted by Gasteiger charge is -2.32. The molecule has 0 aliphatic heterocycles. The molecule has 0 aliphatic carbocycles. The lowest BCUT2D eigenvalue weighted by molar-refractivity contribution is -0.139. The Morgan fingerprint density at radius 2 is 1.68 bits per heavy atom. The van der Waals surface area contributed by atoms with Crippen molar-refractivity contribution in [3.63, 3.8) is 0 Å². The molecule has 0 heterocycles. The molecule has 1 atom stereocenters. The minimum absolute atomic E-state index is 0.0512. The van der Waals surface area contributed by atoms with E-state index in [0.29, 0.717) is 22.8 Å². The van der Waals surface area contributed by atoms with Gasteiger partial charge in [0.25, 0.3) is 10.0 Å². The topological polar surface area (TPSA) is 86.8 Å². The van der Waals surface area contributed by atoms with Crippen LogP contribution < -0.4 is 9.62 Å². The summed E-state index contributed by atoms with van der Waals surface area (Å²) in [6.45, 7) is 5.43. The number of nitrogens with one attached hydrogen (secondary N) is 1. The van der Waals surface area contributed by atoms with Crippen LogP contribution in [0.5, 0.6) is 0 Å². The number of hydrogen-bond donors (Lipinski definition) is 1. The fraction of sp³-hybridized carbons (Fsp3) is 0.286. The highest BCUT2D eigenvalue weighted by atomic mass is 79.9. The van der Waals surface area contributed by atoms with Gasteiger partial charge in [-0.05, 0) is 73.9 Å². The highest BCUT2D eigenvalue weighted by Gasteiger charge is 2.33. The maximum Gasteiger partial charge on any atom is 0.264 e. The van der Waals surface area contributed by atoms with E-state index in [1.807, 2.05) is 31.2 Å². The summed E-state index contributed by atoms with van der Waals surface area (Å²) >= 11 is 9.55. The molecule has 0 aromatic heterocycles. The Labute approximate surface area is 238 Å². The van der Waals surface area contributed by atoms with Gasteiger partial charge in [-0.3, -0.25) is 13.9 Å². The Kier molecular flexibility index (Phi) is 10.4. The van der Waals surface area contributed by atoms with Crippen LogP contribution in [0, 0.1) is 6.92 Å². The second-order valence-corrected chi connectivity index (χ2v) is 12.1. The van der Waals surface area contributed by atoms with Gasteiger partial charge in [-0.1, -0.05) is 64.8 Å². The van der Waals surface area contributed by atoms with Gasteiger partial charge in [0, 0.05) is 22.6 Å². The number of halogens is 2. The van der Waals surface area contributed by atoms with Gasteiger partial charge in [0.1, 0.15) is 12.6 Å². The molecule has 0 fully saturated rings. The zero-order chi connectivity index (χ0) is 27.9. The van der Waals surface area contributed by atoms with E-state index >= 15 is 0 Å². The van der Waals surface area contributed by atoms with Crippen LogP contribution >= 0.6 is 27.5 Å². The second kappa shape index (κ2) is 13.3. The van der Waals surface area contributed by atoms with Gasteiger partial charge in [0.2, 0.25) is 11.8 Å². The minimum Gasteiger partial charge on any atom is -0.354 e. The Morgan fingerprint density at radius 1 is 1.03 bits per heavy atom. The molecular weight excluding hydrogens is 590 g/mol. The van der Waals surface area contributed by atoms with Gasteiger partial charge in [-0.2, -0.15) is 0 Å². The quantitative estimate of drug-likeness (QED) is 0.305. The molecule has 3 rings (SSSR count). The van der Waals surface area contributed by atoms with Crippen molar-refractivity contribution in [3.05, 3.63) is 93.4 Å². The first-order chi connectivity index (χ1) is 18.0. The molecule has 38 heavy (non-hydrogen) atoms. The maximum absolute atomic E-state index is 13.9. The summed E-state index contributed by atoms with van der Waals surface area (Å²) in [6.07, 6.45) is 0.748. The third-order valence-electron chi connectivity index (χ3n) is 6.02. The molecule has 10 heteroatoms. The molecule has 0 saturated carbocycles.